The summed E-state index contributed by atoms with van der Waals surface area (Å²) < 4.78 is 5.84. The zero-order chi connectivity index (χ0) is 16.4. The predicted molar refractivity (Wildman–Crippen MR) is 99.8 cm³/mol. The topological polar surface area (TPSA) is 37.0 Å². The highest BCUT2D eigenvalue weighted by Gasteiger charge is 2.26. The van der Waals surface area contributed by atoms with Crippen LogP contribution in [0.5, 0.6) is 5.75 Å². The average molecular weight is 326 g/mol. The number of aromatic amines is 1. The van der Waals surface area contributed by atoms with Gasteiger partial charge in [-0.15, -0.1) is 0 Å². The lowest BCUT2D eigenvalue weighted by molar-refractivity contribution is 0.317. The summed E-state index contributed by atoms with van der Waals surface area (Å²) in [7, 11) is 0. The van der Waals surface area contributed by atoms with Crippen molar-refractivity contribution < 1.29 is 4.74 Å². The lowest BCUT2D eigenvalue weighted by Gasteiger charge is -2.31. The molecule has 0 bridgehead atoms. The molecule has 1 aromatic carbocycles. The first-order valence-corrected chi connectivity index (χ1v) is 9.88. The zero-order valence-corrected chi connectivity index (χ0v) is 14.9. The van der Waals surface area contributed by atoms with Gasteiger partial charge in [0.2, 0.25) is 0 Å². The maximum Gasteiger partial charge on any atom is 0.120 e. The Balaban J connectivity index is 1.59. The fourth-order valence-corrected chi connectivity index (χ4v) is 4.47. The van der Waals surface area contributed by atoms with Crippen molar-refractivity contribution in [3.8, 4) is 5.75 Å². The van der Waals surface area contributed by atoms with Crippen LogP contribution in [0.2, 0.25) is 0 Å². The van der Waals surface area contributed by atoms with Crippen LogP contribution in [0, 0.1) is 0 Å². The molecule has 3 nitrogen and oxygen atoms in total. The van der Waals surface area contributed by atoms with Crippen LogP contribution in [0.4, 0.5) is 0 Å². The standard InChI is InChI=1S/C21H30N2O/c1-2-13-24-16-11-12-19-18(14-16)17-9-6-10-20(21(17)23-19)22-15-7-4-3-5-8-15/h11-12,14-15,20,22-23H,2-10,13H2,1H3. The predicted octanol–water partition coefficient (Wildman–Crippen LogP) is 5.26. The monoisotopic (exact) mass is 326 g/mol. The fourth-order valence-electron chi connectivity index (χ4n) is 4.47. The summed E-state index contributed by atoms with van der Waals surface area (Å²) in [5.41, 5.74) is 4.22. The number of fused-ring (bicyclic) bond motifs is 3. The van der Waals surface area contributed by atoms with E-state index in [0.717, 1.165) is 18.8 Å². The number of benzene rings is 1. The first-order chi connectivity index (χ1) is 11.8. The molecule has 1 atom stereocenters. The minimum atomic E-state index is 0.504. The Labute approximate surface area is 145 Å². The SMILES string of the molecule is CCCOc1ccc2[nH]c3c(c2c1)CCCC3NC1CCCCC1. The second-order valence-corrected chi connectivity index (χ2v) is 7.52. The van der Waals surface area contributed by atoms with Gasteiger partial charge in [-0.25, -0.2) is 0 Å². The Bertz CT molecular complexity index is 684. The number of aryl methyl sites for hydroxylation is 1. The van der Waals surface area contributed by atoms with E-state index in [4.69, 9.17) is 4.74 Å². The molecule has 2 aliphatic carbocycles. The lowest BCUT2D eigenvalue weighted by atomic mass is 9.89. The molecule has 0 spiro atoms. The van der Waals surface area contributed by atoms with E-state index < -0.39 is 0 Å². The van der Waals surface area contributed by atoms with Gasteiger partial charge in [0.25, 0.3) is 0 Å². The van der Waals surface area contributed by atoms with Crippen LogP contribution in [-0.2, 0) is 6.42 Å². The summed E-state index contributed by atoms with van der Waals surface area (Å²) in [6.07, 6.45) is 11.7. The van der Waals surface area contributed by atoms with Crippen LogP contribution < -0.4 is 10.1 Å². The Morgan fingerprint density at radius 3 is 2.83 bits per heavy atom. The molecule has 130 valence electrons. The molecule has 1 aromatic heterocycles. The Morgan fingerprint density at radius 2 is 2.00 bits per heavy atom. The van der Waals surface area contributed by atoms with E-state index in [2.05, 4.69) is 35.4 Å². The molecule has 0 radical (unpaired) electrons. The summed E-state index contributed by atoms with van der Waals surface area (Å²) in [6, 6.07) is 7.75. The number of ether oxygens (including phenoxy) is 1. The van der Waals surface area contributed by atoms with Crippen molar-refractivity contribution in [2.24, 2.45) is 0 Å². The van der Waals surface area contributed by atoms with Gasteiger partial charge in [0.1, 0.15) is 5.75 Å². The van der Waals surface area contributed by atoms with Crippen LogP contribution in [0.15, 0.2) is 18.2 Å². The van der Waals surface area contributed by atoms with Gasteiger partial charge in [-0.05, 0) is 62.3 Å². The molecule has 2 aromatic rings. The van der Waals surface area contributed by atoms with Gasteiger partial charge in [-0.2, -0.15) is 0 Å². The van der Waals surface area contributed by atoms with Crippen LogP contribution in [0.25, 0.3) is 10.9 Å². The van der Waals surface area contributed by atoms with Gasteiger partial charge in [-0.1, -0.05) is 26.2 Å². The van der Waals surface area contributed by atoms with E-state index in [9.17, 15) is 0 Å². The molecule has 1 unspecified atom stereocenters. The van der Waals surface area contributed by atoms with E-state index in [1.807, 2.05) is 0 Å². The maximum atomic E-state index is 5.84. The number of aromatic nitrogens is 1. The van der Waals surface area contributed by atoms with Crippen molar-refractivity contribution in [2.45, 2.75) is 76.8 Å². The Kier molecular flexibility index (Phi) is 4.79. The molecule has 0 saturated heterocycles. The van der Waals surface area contributed by atoms with Gasteiger partial charge in [0.15, 0.2) is 0 Å². The van der Waals surface area contributed by atoms with E-state index >= 15 is 0 Å². The minimum absolute atomic E-state index is 0.504. The molecule has 3 heteroatoms. The van der Waals surface area contributed by atoms with Gasteiger partial charge < -0.3 is 15.0 Å². The summed E-state index contributed by atoms with van der Waals surface area (Å²) in [6.45, 7) is 2.95. The summed E-state index contributed by atoms with van der Waals surface area (Å²) >= 11 is 0. The Morgan fingerprint density at radius 1 is 1.12 bits per heavy atom. The molecule has 2 N–H and O–H groups in total. The molecule has 0 aliphatic heterocycles. The number of rotatable bonds is 5. The summed E-state index contributed by atoms with van der Waals surface area (Å²) in [5, 5.41) is 5.33. The molecule has 0 amide bonds. The quantitative estimate of drug-likeness (QED) is 0.786. The molecule has 24 heavy (non-hydrogen) atoms. The lowest BCUT2D eigenvalue weighted by Crippen LogP contribution is -2.36. The van der Waals surface area contributed by atoms with Crippen LogP contribution in [-0.4, -0.2) is 17.6 Å². The van der Waals surface area contributed by atoms with Crippen molar-refractivity contribution in [3.05, 3.63) is 29.5 Å². The maximum absolute atomic E-state index is 5.84. The van der Waals surface area contributed by atoms with Crippen LogP contribution >= 0.6 is 0 Å². The van der Waals surface area contributed by atoms with E-state index in [1.54, 1.807) is 0 Å². The molecule has 1 fully saturated rings. The third-order valence-corrected chi connectivity index (χ3v) is 5.69. The summed E-state index contributed by atoms with van der Waals surface area (Å²) in [5.74, 6) is 1.01. The second-order valence-electron chi connectivity index (χ2n) is 7.52. The highest BCUT2D eigenvalue weighted by atomic mass is 16.5. The minimum Gasteiger partial charge on any atom is -0.494 e. The van der Waals surface area contributed by atoms with Crippen molar-refractivity contribution in [1.82, 2.24) is 10.3 Å². The molecule has 1 heterocycles. The van der Waals surface area contributed by atoms with Crippen molar-refractivity contribution in [3.63, 3.8) is 0 Å². The first-order valence-electron chi connectivity index (χ1n) is 9.88. The van der Waals surface area contributed by atoms with E-state index in [0.29, 0.717) is 12.1 Å². The first kappa shape index (κ1) is 16.0. The summed E-state index contributed by atoms with van der Waals surface area (Å²) in [4.78, 5) is 3.72. The second kappa shape index (κ2) is 7.18. The van der Waals surface area contributed by atoms with Crippen molar-refractivity contribution in [2.75, 3.05) is 6.61 Å². The number of hydrogen-bond donors (Lipinski definition) is 2. The van der Waals surface area contributed by atoms with E-state index in [-0.39, 0.29) is 0 Å². The third kappa shape index (κ3) is 3.19. The Hall–Kier alpha value is -1.48. The molecule has 4 rings (SSSR count). The molecule has 1 saturated carbocycles. The van der Waals surface area contributed by atoms with Gasteiger partial charge >= 0.3 is 0 Å². The fraction of sp³-hybridized carbons (Fsp3) is 0.619. The van der Waals surface area contributed by atoms with Crippen LogP contribution in [0.3, 0.4) is 0 Å². The van der Waals surface area contributed by atoms with Crippen molar-refractivity contribution in [1.29, 1.82) is 0 Å². The number of H-pyrrole nitrogens is 1. The van der Waals surface area contributed by atoms with Crippen LogP contribution in [0.1, 0.15) is 75.6 Å². The van der Waals surface area contributed by atoms with E-state index in [1.165, 1.54) is 73.5 Å². The number of hydrogen-bond acceptors (Lipinski definition) is 2. The largest absolute Gasteiger partial charge is 0.494 e. The molecular formula is C21H30N2O. The highest BCUT2D eigenvalue weighted by Crippen LogP contribution is 2.37. The van der Waals surface area contributed by atoms with Gasteiger partial charge in [-0.3, -0.25) is 0 Å². The third-order valence-electron chi connectivity index (χ3n) is 5.69. The smallest absolute Gasteiger partial charge is 0.120 e. The number of nitrogens with one attached hydrogen (secondary N) is 2. The normalized spacial score (nSPS) is 21.8. The van der Waals surface area contributed by atoms with Crippen molar-refractivity contribution >= 4 is 10.9 Å². The highest BCUT2D eigenvalue weighted by molar-refractivity contribution is 5.86. The zero-order valence-electron chi connectivity index (χ0n) is 14.9. The molecular weight excluding hydrogens is 296 g/mol. The van der Waals surface area contributed by atoms with Gasteiger partial charge in [0, 0.05) is 28.7 Å². The van der Waals surface area contributed by atoms with Gasteiger partial charge in [0.05, 0.1) is 6.61 Å². The average Bonchev–Trinajstić information content (AvgIpc) is 3.00. The molecule has 2 aliphatic rings.